The molecule has 5 aromatic rings. The van der Waals surface area contributed by atoms with Crippen LogP contribution in [-0.2, 0) is 13.6 Å². The number of aromatic nitrogens is 7. The van der Waals surface area contributed by atoms with Gasteiger partial charge >= 0.3 is 0 Å². The average molecular weight is 460 g/mol. The first-order chi connectivity index (χ1) is 16.0. The standard InChI is InChI=1S/C23H21N7O2S/c1-12(14-4-5-17-16(7-14)26-11-33-17)6-15-13(2)19(15)21-27-18(32-28-21)8-30-10-25-22-20(23(30)31)29(3)9-24-22/h4-7,9-11,13,15,19H,8H2,1-3H3/b12-6+/t13-,15+,19+/m0/s1. The average Bonchev–Trinajstić information content (AvgIpc) is 3.29. The molecule has 4 heterocycles. The number of hydrogen-bond donors (Lipinski definition) is 0. The number of hydrogen-bond acceptors (Lipinski definition) is 8. The molecule has 0 spiro atoms. The summed E-state index contributed by atoms with van der Waals surface area (Å²) in [6.45, 7) is 4.50. The van der Waals surface area contributed by atoms with E-state index in [1.807, 2.05) is 5.51 Å². The quantitative estimate of drug-likeness (QED) is 0.395. The molecule has 166 valence electrons. The second-order valence-corrected chi connectivity index (χ2v) is 9.48. The highest BCUT2D eigenvalue weighted by molar-refractivity contribution is 7.16. The zero-order chi connectivity index (χ0) is 22.7. The number of imidazole rings is 1. The van der Waals surface area contributed by atoms with Gasteiger partial charge in [-0.3, -0.25) is 9.36 Å². The van der Waals surface area contributed by atoms with Gasteiger partial charge < -0.3 is 9.09 Å². The zero-order valence-electron chi connectivity index (χ0n) is 18.3. The summed E-state index contributed by atoms with van der Waals surface area (Å²) in [6.07, 6.45) is 5.34. The van der Waals surface area contributed by atoms with Gasteiger partial charge in [0.1, 0.15) is 12.9 Å². The van der Waals surface area contributed by atoms with Gasteiger partial charge in [0.05, 0.1) is 22.1 Å². The van der Waals surface area contributed by atoms with E-state index in [-0.39, 0.29) is 18.0 Å². The molecule has 1 saturated carbocycles. The maximum absolute atomic E-state index is 12.8. The molecule has 4 aromatic heterocycles. The number of thiazole rings is 1. The fraction of sp³-hybridized carbons (Fsp3) is 0.304. The van der Waals surface area contributed by atoms with Crippen LogP contribution in [0.4, 0.5) is 0 Å². The minimum absolute atomic E-state index is 0.175. The second kappa shape index (κ2) is 7.45. The summed E-state index contributed by atoms with van der Waals surface area (Å²) < 4.78 is 9.80. The third-order valence-corrected chi connectivity index (χ3v) is 7.27. The van der Waals surface area contributed by atoms with E-state index in [1.54, 1.807) is 29.3 Å². The topological polar surface area (TPSA) is 105 Å². The Morgan fingerprint density at radius 3 is 2.97 bits per heavy atom. The van der Waals surface area contributed by atoms with Crippen molar-refractivity contribution in [3.8, 4) is 0 Å². The highest BCUT2D eigenvalue weighted by Crippen LogP contribution is 2.54. The van der Waals surface area contributed by atoms with Crippen molar-refractivity contribution >= 4 is 38.3 Å². The van der Waals surface area contributed by atoms with Gasteiger partial charge in [-0.15, -0.1) is 11.3 Å². The van der Waals surface area contributed by atoms with Gasteiger partial charge in [-0.25, -0.2) is 15.0 Å². The number of aryl methyl sites for hydroxylation is 1. The van der Waals surface area contributed by atoms with Crippen LogP contribution in [0.1, 0.15) is 37.0 Å². The van der Waals surface area contributed by atoms with Crippen molar-refractivity contribution in [1.82, 2.24) is 34.2 Å². The zero-order valence-corrected chi connectivity index (χ0v) is 19.2. The molecule has 9 nitrogen and oxygen atoms in total. The molecule has 6 rings (SSSR count). The van der Waals surface area contributed by atoms with Gasteiger partial charge in [0.25, 0.3) is 5.56 Å². The lowest BCUT2D eigenvalue weighted by molar-refractivity contribution is 0.364. The Kier molecular flexibility index (Phi) is 4.51. The predicted octanol–water partition coefficient (Wildman–Crippen LogP) is 3.62. The number of rotatable bonds is 5. The number of benzene rings is 1. The molecule has 3 atom stereocenters. The summed E-state index contributed by atoms with van der Waals surface area (Å²) in [7, 11) is 1.77. The van der Waals surface area contributed by atoms with E-state index in [4.69, 9.17) is 4.52 Å². The molecule has 1 aliphatic rings. The normalized spacial score (nSPS) is 20.7. The van der Waals surface area contributed by atoms with Crippen LogP contribution in [0, 0.1) is 11.8 Å². The fourth-order valence-corrected chi connectivity index (χ4v) is 5.10. The Bertz CT molecular complexity index is 1590. The van der Waals surface area contributed by atoms with E-state index in [9.17, 15) is 4.79 Å². The molecule has 0 amide bonds. The lowest BCUT2D eigenvalue weighted by Crippen LogP contribution is -2.22. The molecule has 0 unspecified atom stereocenters. The van der Waals surface area contributed by atoms with Crippen molar-refractivity contribution in [1.29, 1.82) is 0 Å². The van der Waals surface area contributed by atoms with E-state index >= 15 is 0 Å². The number of fused-ring (bicyclic) bond motifs is 2. The first-order valence-electron chi connectivity index (χ1n) is 10.7. The molecule has 0 aliphatic heterocycles. The summed E-state index contributed by atoms with van der Waals surface area (Å²) in [5, 5.41) is 4.21. The maximum atomic E-state index is 12.8. The Morgan fingerprint density at radius 2 is 2.09 bits per heavy atom. The molecule has 33 heavy (non-hydrogen) atoms. The first kappa shape index (κ1) is 20.0. The van der Waals surface area contributed by atoms with Crippen molar-refractivity contribution < 1.29 is 4.52 Å². The largest absolute Gasteiger partial charge is 0.337 e. The first-order valence-corrected chi connectivity index (χ1v) is 11.6. The summed E-state index contributed by atoms with van der Waals surface area (Å²) >= 11 is 1.65. The predicted molar refractivity (Wildman–Crippen MR) is 125 cm³/mol. The Morgan fingerprint density at radius 1 is 1.24 bits per heavy atom. The fourth-order valence-electron chi connectivity index (χ4n) is 4.44. The van der Waals surface area contributed by atoms with Gasteiger partial charge in [-0.1, -0.05) is 24.2 Å². The van der Waals surface area contributed by atoms with Crippen molar-refractivity contribution in [2.75, 3.05) is 0 Å². The van der Waals surface area contributed by atoms with Crippen LogP contribution in [0.5, 0.6) is 0 Å². The lowest BCUT2D eigenvalue weighted by Gasteiger charge is -2.02. The van der Waals surface area contributed by atoms with Crippen LogP contribution in [-0.4, -0.2) is 34.2 Å². The van der Waals surface area contributed by atoms with Gasteiger partial charge in [0.15, 0.2) is 17.0 Å². The molecular weight excluding hydrogens is 438 g/mol. The molecule has 1 fully saturated rings. The van der Waals surface area contributed by atoms with Gasteiger partial charge in [0.2, 0.25) is 5.89 Å². The van der Waals surface area contributed by atoms with Crippen molar-refractivity contribution in [3.05, 3.63) is 70.1 Å². The molecule has 0 N–H and O–H groups in total. The van der Waals surface area contributed by atoms with E-state index in [1.165, 1.54) is 26.7 Å². The van der Waals surface area contributed by atoms with Crippen molar-refractivity contribution in [2.45, 2.75) is 26.3 Å². The monoisotopic (exact) mass is 459 g/mol. The number of allylic oxidation sites excluding steroid dienone is 2. The SMILES string of the molecule is C/C(=C\[C@@H]1[C@H](C)[C@H]1c1noc(Cn2cnc3ncn(C)c3c2=O)n1)c1ccc2scnc2c1. The minimum Gasteiger partial charge on any atom is -0.337 e. The summed E-state index contributed by atoms with van der Waals surface area (Å²) in [6, 6.07) is 6.40. The van der Waals surface area contributed by atoms with Crippen molar-refractivity contribution in [2.24, 2.45) is 18.9 Å². The summed E-state index contributed by atoms with van der Waals surface area (Å²) in [4.78, 5) is 30.1. The van der Waals surface area contributed by atoms with Crippen LogP contribution in [0.15, 0.2) is 51.8 Å². The highest BCUT2D eigenvalue weighted by atomic mass is 32.1. The highest BCUT2D eigenvalue weighted by Gasteiger charge is 2.49. The molecule has 1 aromatic carbocycles. The summed E-state index contributed by atoms with van der Waals surface area (Å²) in [5.41, 5.74) is 5.99. The second-order valence-electron chi connectivity index (χ2n) is 8.60. The maximum Gasteiger partial charge on any atom is 0.280 e. The van der Waals surface area contributed by atoms with Gasteiger partial charge in [-0.05, 0) is 42.0 Å². The Labute approximate surface area is 192 Å². The smallest absolute Gasteiger partial charge is 0.280 e. The van der Waals surface area contributed by atoms with Crippen LogP contribution in [0.2, 0.25) is 0 Å². The molecular formula is C23H21N7O2S. The van der Waals surface area contributed by atoms with Gasteiger partial charge in [-0.2, -0.15) is 4.98 Å². The molecule has 10 heteroatoms. The van der Waals surface area contributed by atoms with E-state index < -0.39 is 0 Å². The third-order valence-electron chi connectivity index (χ3n) is 6.46. The van der Waals surface area contributed by atoms with E-state index in [0.29, 0.717) is 34.7 Å². The Balaban J connectivity index is 1.21. The van der Waals surface area contributed by atoms with Crippen LogP contribution in [0.3, 0.4) is 0 Å². The van der Waals surface area contributed by atoms with Crippen LogP contribution >= 0.6 is 11.3 Å². The Hall–Kier alpha value is -3.66. The van der Waals surface area contributed by atoms with E-state index in [2.05, 4.69) is 63.2 Å². The molecule has 0 saturated heterocycles. The molecule has 0 bridgehead atoms. The van der Waals surface area contributed by atoms with Crippen LogP contribution in [0.25, 0.3) is 27.0 Å². The summed E-state index contributed by atoms with van der Waals surface area (Å²) in [5.74, 6) is 2.04. The van der Waals surface area contributed by atoms with Crippen molar-refractivity contribution in [3.63, 3.8) is 0 Å². The molecule has 1 aliphatic carbocycles. The molecule has 0 radical (unpaired) electrons. The van der Waals surface area contributed by atoms with Gasteiger partial charge in [0, 0.05) is 13.0 Å². The third kappa shape index (κ3) is 3.37. The number of nitrogens with zero attached hydrogens (tertiary/aromatic N) is 7. The van der Waals surface area contributed by atoms with E-state index in [0.717, 1.165) is 5.52 Å². The lowest BCUT2D eigenvalue weighted by atomic mass is 10.0. The minimum atomic E-state index is -0.187. The van der Waals surface area contributed by atoms with Crippen LogP contribution < -0.4 is 5.56 Å².